The molecule has 2 heterocycles. The standard InChI is InChI=1S/C24H22ClN5O3/c1-2-32-22-11-20-16(10-19(22)26)23(17(12-29-20)24(27)31)30-14-6-7-21(18(25)9-14)33-13-15-5-3-4-8-28-15/h3-12H,2,13,26H2,1H3,(H2,27,31)(H,29,30). The topological polar surface area (TPSA) is 125 Å². The lowest BCUT2D eigenvalue weighted by Crippen LogP contribution is -2.14. The van der Waals surface area contributed by atoms with Crippen molar-refractivity contribution >= 4 is 45.5 Å². The number of aromatic nitrogens is 2. The fourth-order valence-electron chi connectivity index (χ4n) is 3.31. The Morgan fingerprint density at radius 3 is 2.64 bits per heavy atom. The van der Waals surface area contributed by atoms with E-state index in [4.69, 9.17) is 32.5 Å². The molecule has 0 aliphatic heterocycles. The summed E-state index contributed by atoms with van der Waals surface area (Å²) in [6, 6.07) is 14.2. The SMILES string of the molecule is CCOc1cc2ncc(C(N)=O)c(Nc3ccc(OCc4ccccn4)c(Cl)c3)c2cc1N. The van der Waals surface area contributed by atoms with Crippen molar-refractivity contribution in [3.05, 3.63) is 77.2 Å². The molecule has 0 spiro atoms. The van der Waals surface area contributed by atoms with Crippen LogP contribution in [0.1, 0.15) is 23.0 Å². The Kier molecular flexibility index (Phi) is 6.46. The molecule has 2 aromatic heterocycles. The Bertz CT molecular complexity index is 1310. The van der Waals surface area contributed by atoms with Gasteiger partial charge >= 0.3 is 0 Å². The van der Waals surface area contributed by atoms with E-state index in [2.05, 4.69) is 15.3 Å². The number of primary amides is 1. The second kappa shape index (κ2) is 9.62. The zero-order chi connectivity index (χ0) is 23.4. The van der Waals surface area contributed by atoms with Crippen molar-refractivity contribution in [3.8, 4) is 11.5 Å². The van der Waals surface area contributed by atoms with E-state index in [0.29, 0.717) is 51.1 Å². The highest BCUT2D eigenvalue weighted by Gasteiger charge is 2.16. The van der Waals surface area contributed by atoms with Crippen LogP contribution in [0.4, 0.5) is 17.1 Å². The normalized spacial score (nSPS) is 10.7. The summed E-state index contributed by atoms with van der Waals surface area (Å²) in [4.78, 5) is 20.7. The number of nitrogens with one attached hydrogen (secondary N) is 1. The predicted octanol–water partition coefficient (Wildman–Crippen LogP) is 4.69. The number of carbonyl (C=O) groups excluding carboxylic acids is 1. The van der Waals surface area contributed by atoms with Crippen molar-refractivity contribution in [3.63, 3.8) is 0 Å². The van der Waals surface area contributed by atoms with Crippen molar-refractivity contribution in [2.45, 2.75) is 13.5 Å². The van der Waals surface area contributed by atoms with Gasteiger partial charge in [-0.1, -0.05) is 17.7 Å². The van der Waals surface area contributed by atoms with Crippen molar-refractivity contribution in [1.29, 1.82) is 0 Å². The molecule has 1 amide bonds. The Morgan fingerprint density at radius 2 is 1.94 bits per heavy atom. The maximum absolute atomic E-state index is 12.1. The molecule has 33 heavy (non-hydrogen) atoms. The van der Waals surface area contributed by atoms with Crippen LogP contribution in [0.25, 0.3) is 10.9 Å². The highest BCUT2D eigenvalue weighted by Crippen LogP contribution is 2.36. The highest BCUT2D eigenvalue weighted by atomic mass is 35.5. The van der Waals surface area contributed by atoms with E-state index >= 15 is 0 Å². The largest absolute Gasteiger partial charge is 0.492 e. The van der Waals surface area contributed by atoms with Crippen molar-refractivity contribution < 1.29 is 14.3 Å². The number of anilines is 3. The number of carbonyl (C=O) groups is 1. The summed E-state index contributed by atoms with van der Waals surface area (Å²) < 4.78 is 11.3. The van der Waals surface area contributed by atoms with Gasteiger partial charge in [0.05, 0.1) is 39.8 Å². The van der Waals surface area contributed by atoms with Gasteiger partial charge < -0.3 is 26.3 Å². The minimum Gasteiger partial charge on any atom is -0.492 e. The second-order valence-corrected chi connectivity index (χ2v) is 7.54. The number of hydrogen-bond donors (Lipinski definition) is 3. The summed E-state index contributed by atoms with van der Waals surface area (Å²) >= 11 is 6.44. The van der Waals surface area contributed by atoms with Crippen LogP contribution in [-0.4, -0.2) is 22.5 Å². The Balaban J connectivity index is 1.66. The van der Waals surface area contributed by atoms with Gasteiger partial charge in [0.2, 0.25) is 0 Å². The zero-order valence-electron chi connectivity index (χ0n) is 17.8. The van der Waals surface area contributed by atoms with Crippen LogP contribution in [0.3, 0.4) is 0 Å². The van der Waals surface area contributed by atoms with Gasteiger partial charge in [0, 0.05) is 29.5 Å². The molecule has 9 heteroatoms. The molecule has 4 rings (SSSR count). The van der Waals surface area contributed by atoms with Crippen LogP contribution >= 0.6 is 11.6 Å². The van der Waals surface area contributed by atoms with Crippen LogP contribution in [0, 0.1) is 0 Å². The van der Waals surface area contributed by atoms with E-state index in [1.54, 1.807) is 36.5 Å². The highest BCUT2D eigenvalue weighted by molar-refractivity contribution is 6.32. The predicted molar refractivity (Wildman–Crippen MR) is 129 cm³/mol. The molecule has 0 aliphatic carbocycles. The van der Waals surface area contributed by atoms with Crippen LogP contribution in [0.15, 0.2) is 60.9 Å². The van der Waals surface area contributed by atoms with Gasteiger partial charge in [-0.15, -0.1) is 0 Å². The van der Waals surface area contributed by atoms with Crippen LogP contribution in [-0.2, 0) is 6.61 Å². The molecule has 0 aliphatic rings. The third-order valence-corrected chi connectivity index (χ3v) is 5.16. The number of fused-ring (bicyclic) bond motifs is 1. The molecule has 0 atom stereocenters. The Hall–Kier alpha value is -4.04. The lowest BCUT2D eigenvalue weighted by atomic mass is 10.1. The third kappa shape index (κ3) is 4.91. The summed E-state index contributed by atoms with van der Waals surface area (Å²) in [5, 5.41) is 4.25. The van der Waals surface area contributed by atoms with Gasteiger partial charge in [-0.25, -0.2) is 0 Å². The molecular weight excluding hydrogens is 442 g/mol. The smallest absolute Gasteiger partial charge is 0.252 e. The molecule has 0 bridgehead atoms. The van der Waals surface area contributed by atoms with E-state index in [1.807, 2.05) is 25.1 Å². The van der Waals surface area contributed by atoms with Gasteiger partial charge in [0.15, 0.2) is 0 Å². The van der Waals surface area contributed by atoms with E-state index in [1.165, 1.54) is 6.20 Å². The number of nitrogens with two attached hydrogens (primary N) is 2. The molecule has 0 fully saturated rings. The second-order valence-electron chi connectivity index (χ2n) is 7.13. The summed E-state index contributed by atoms with van der Waals surface area (Å²) in [5.74, 6) is 0.404. The molecule has 0 unspecified atom stereocenters. The number of rotatable bonds is 8. The first-order valence-electron chi connectivity index (χ1n) is 10.2. The molecule has 0 radical (unpaired) electrons. The molecular formula is C24H22ClN5O3. The maximum Gasteiger partial charge on any atom is 0.252 e. The lowest BCUT2D eigenvalue weighted by Gasteiger charge is -2.16. The maximum atomic E-state index is 12.1. The number of halogens is 1. The first kappa shape index (κ1) is 22.2. The monoisotopic (exact) mass is 463 g/mol. The molecule has 0 saturated carbocycles. The van der Waals surface area contributed by atoms with Crippen LogP contribution < -0.4 is 26.3 Å². The van der Waals surface area contributed by atoms with Crippen molar-refractivity contribution in [2.75, 3.05) is 17.7 Å². The fourth-order valence-corrected chi connectivity index (χ4v) is 3.55. The lowest BCUT2D eigenvalue weighted by molar-refractivity contribution is 0.100. The van der Waals surface area contributed by atoms with Crippen LogP contribution in [0.2, 0.25) is 5.02 Å². The minimum absolute atomic E-state index is 0.220. The minimum atomic E-state index is -0.624. The summed E-state index contributed by atoms with van der Waals surface area (Å²) in [7, 11) is 0. The van der Waals surface area contributed by atoms with Crippen molar-refractivity contribution in [2.24, 2.45) is 5.73 Å². The number of hydrogen-bond acceptors (Lipinski definition) is 7. The fraction of sp³-hybridized carbons (Fsp3) is 0.125. The van der Waals surface area contributed by atoms with E-state index < -0.39 is 5.91 Å². The van der Waals surface area contributed by atoms with Gasteiger partial charge in [-0.05, 0) is 43.3 Å². The molecule has 4 aromatic rings. The quantitative estimate of drug-likeness (QED) is 0.324. The number of pyridine rings is 2. The third-order valence-electron chi connectivity index (χ3n) is 4.87. The molecule has 8 nitrogen and oxygen atoms in total. The van der Waals surface area contributed by atoms with E-state index in [0.717, 1.165) is 5.69 Å². The zero-order valence-corrected chi connectivity index (χ0v) is 18.6. The van der Waals surface area contributed by atoms with Crippen molar-refractivity contribution in [1.82, 2.24) is 9.97 Å². The number of nitrogen functional groups attached to an aromatic ring is 1. The molecule has 2 aromatic carbocycles. The number of benzene rings is 2. The summed E-state index contributed by atoms with van der Waals surface area (Å²) in [6.07, 6.45) is 3.12. The average Bonchev–Trinajstić information content (AvgIpc) is 2.80. The number of nitrogens with zero attached hydrogens (tertiary/aromatic N) is 2. The molecule has 0 saturated heterocycles. The van der Waals surface area contributed by atoms with Gasteiger partial charge in [-0.2, -0.15) is 0 Å². The molecule has 168 valence electrons. The van der Waals surface area contributed by atoms with Gasteiger partial charge in [0.1, 0.15) is 18.1 Å². The van der Waals surface area contributed by atoms with Gasteiger partial charge in [0.25, 0.3) is 5.91 Å². The number of amides is 1. The van der Waals surface area contributed by atoms with Crippen LogP contribution in [0.5, 0.6) is 11.5 Å². The van der Waals surface area contributed by atoms with E-state index in [9.17, 15) is 4.79 Å². The summed E-state index contributed by atoms with van der Waals surface area (Å²) in [6.45, 7) is 2.62. The van der Waals surface area contributed by atoms with Gasteiger partial charge in [-0.3, -0.25) is 14.8 Å². The summed E-state index contributed by atoms with van der Waals surface area (Å²) in [5.41, 5.74) is 14.9. The average molecular weight is 464 g/mol. The first-order valence-corrected chi connectivity index (χ1v) is 10.6. The molecule has 5 N–H and O–H groups in total. The Labute approximate surface area is 195 Å². The number of ether oxygens (including phenoxy) is 2. The first-order chi connectivity index (χ1) is 16.0. The van der Waals surface area contributed by atoms with E-state index in [-0.39, 0.29) is 12.2 Å². The Morgan fingerprint density at radius 1 is 1.09 bits per heavy atom.